The lowest BCUT2D eigenvalue weighted by Crippen LogP contribution is -2.47. The second-order valence-electron chi connectivity index (χ2n) is 7.43. The van der Waals surface area contributed by atoms with E-state index in [4.69, 9.17) is 0 Å². The van der Waals surface area contributed by atoms with Gasteiger partial charge in [0, 0.05) is 51.3 Å². The van der Waals surface area contributed by atoms with Crippen LogP contribution in [0.2, 0.25) is 0 Å². The number of rotatable bonds is 8. The summed E-state index contributed by atoms with van der Waals surface area (Å²) in [5.41, 5.74) is 0.742. The fourth-order valence-electron chi connectivity index (χ4n) is 3.35. The van der Waals surface area contributed by atoms with E-state index in [1.807, 2.05) is 37.4 Å². The van der Waals surface area contributed by atoms with E-state index in [1.165, 1.54) is 0 Å². The number of likely N-dealkylation sites (tertiary alicyclic amines) is 1. The van der Waals surface area contributed by atoms with E-state index in [0.29, 0.717) is 12.5 Å². The van der Waals surface area contributed by atoms with Crippen molar-refractivity contribution in [3.8, 4) is 0 Å². The topological polar surface area (TPSA) is 72.9 Å². The molecule has 2 atom stereocenters. The number of para-hydroxylation sites is 1. The molecule has 1 aromatic rings. The van der Waals surface area contributed by atoms with Crippen molar-refractivity contribution in [3.05, 3.63) is 30.3 Å². The fourth-order valence-corrected chi connectivity index (χ4v) is 3.35. The maximum atomic E-state index is 12.6. The molecule has 1 saturated heterocycles. The zero-order chi connectivity index (χ0) is 19.1. The normalized spacial score (nSPS) is 18.7. The highest BCUT2D eigenvalue weighted by Gasteiger charge is 2.28. The minimum Gasteiger partial charge on any atom is -0.392 e. The number of nitrogens with one attached hydrogen (secondary N) is 1. The number of carbonyl (C=O) groups excluding carboxylic acids is 2. The van der Waals surface area contributed by atoms with E-state index in [2.05, 4.69) is 24.1 Å². The zero-order valence-electron chi connectivity index (χ0n) is 16.0. The Labute approximate surface area is 156 Å². The van der Waals surface area contributed by atoms with Crippen LogP contribution in [0.3, 0.4) is 0 Å². The fraction of sp³-hybridized carbons (Fsp3) is 0.600. The predicted octanol–water partition coefficient (Wildman–Crippen LogP) is 1.95. The van der Waals surface area contributed by atoms with E-state index in [9.17, 15) is 14.7 Å². The Kier molecular flexibility index (Phi) is 7.60. The van der Waals surface area contributed by atoms with Crippen LogP contribution in [0.25, 0.3) is 0 Å². The number of likely N-dealkylation sites (N-methyl/N-ethyl adjacent to an activating group) is 1. The van der Waals surface area contributed by atoms with Gasteiger partial charge in [0.2, 0.25) is 11.8 Å². The van der Waals surface area contributed by atoms with Crippen molar-refractivity contribution in [1.82, 2.24) is 9.80 Å². The second-order valence-corrected chi connectivity index (χ2v) is 7.43. The molecule has 1 fully saturated rings. The molecule has 2 N–H and O–H groups in total. The summed E-state index contributed by atoms with van der Waals surface area (Å²) >= 11 is 0. The molecule has 0 radical (unpaired) electrons. The van der Waals surface area contributed by atoms with Gasteiger partial charge in [-0.1, -0.05) is 32.0 Å². The number of carbonyl (C=O) groups is 2. The van der Waals surface area contributed by atoms with Crippen molar-refractivity contribution in [1.29, 1.82) is 0 Å². The molecule has 1 aliphatic rings. The standard InChI is InChI=1S/C20H31N3O3/c1-15(2)18(14-23-12-11-17(24)13-23)22(3)20(26)10-9-19(25)21-16-7-5-4-6-8-16/h4-8,15,17-18,24H,9-14H2,1-3H3,(H,21,25)/t17?,18-/m1/s1. The third-order valence-corrected chi connectivity index (χ3v) is 4.98. The Hall–Kier alpha value is -1.92. The molecule has 0 aliphatic carbocycles. The third-order valence-electron chi connectivity index (χ3n) is 4.98. The maximum absolute atomic E-state index is 12.6. The lowest BCUT2D eigenvalue weighted by molar-refractivity contribution is -0.134. The molecule has 1 aromatic carbocycles. The first kappa shape index (κ1) is 20.4. The summed E-state index contributed by atoms with van der Waals surface area (Å²) in [4.78, 5) is 28.6. The first-order chi connectivity index (χ1) is 12.4. The Balaban J connectivity index is 1.82. The van der Waals surface area contributed by atoms with Crippen molar-refractivity contribution in [2.45, 2.75) is 45.3 Å². The number of aliphatic hydroxyl groups is 1. The molecule has 6 nitrogen and oxygen atoms in total. The maximum Gasteiger partial charge on any atom is 0.224 e. The van der Waals surface area contributed by atoms with Crippen LogP contribution in [0.1, 0.15) is 33.1 Å². The lowest BCUT2D eigenvalue weighted by atomic mass is 10.0. The average Bonchev–Trinajstić information content (AvgIpc) is 3.02. The average molecular weight is 361 g/mol. The molecule has 0 bridgehead atoms. The summed E-state index contributed by atoms with van der Waals surface area (Å²) in [6.45, 7) is 6.50. The Morgan fingerprint density at radius 3 is 2.54 bits per heavy atom. The molecule has 0 spiro atoms. The van der Waals surface area contributed by atoms with E-state index in [1.54, 1.807) is 4.90 Å². The van der Waals surface area contributed by atoms with Gasteiger partial charge in [-0.05, 0) is 24.5 Å². The quantitative estimate of drug-likeness (QED) is 0.742. The monoisotopic (exact) mass is 361 g/mol. The largest absolute Gasteiger partial charge is 0.392 e. The van der Waals surface area contributed by atoms with Crippen LogP contribution in [-0.2, 0) is 9.59 Å². The van der Waals surface area contributed by atoms with Gasteiger partial charge in [0.15, 0.2) is 0 Å². The Bertz CT molecular complexity index is 591. The minimum atomic E-state index is -0.259. The van der Waals surface area contributed by atoms with Crippen molar-refractivity contribution < 1.29 is 14.7 Å². The summed E-state index contributed by atoms with van der Waals surface area (Å²) in [5.74, 6) is 0.133. The van der Waals surface area contributed by atoms with Crippen LogP contribution < -0.4 is 5.32 Å². The molecule has 2 rings (SSSR count). The number of hydrogen-bond donors (Lipinski definition) is 2. The molecule has 6 heteroatoms. The minimum absolute atomic E-state index is 0.0216. The van der Waals surface area contributed by atoms with Gasteiger partial charge in [-0.25, -0.2) is 0 Å². The zero-order valence-corrected chi connectivity index (χ0v) is 16.0. The van der Waals surface area contributed by atoms with Crippen molar-refractivity contribution in [3.63, 3.8) is 0 Å². The van der Waals surface area contributed by atoms with Gasteiger partial charge in [-0.15, -0.1) is 0 Å². The van der Waals surface area contributed by atoms with Crippen LogP contribution >= 0.6 is 0 Å². The van der Waals surface area contributed by atoms with E-state index < -0.39 is 0 Å². The van der Waals surface area contributed by atoms with E-state index >= 15 is 0 Å². The summed E-state index contributed by atoms with van der Waals surface area (Å²) in [6, 6.07) is 9.33. The first-order valence-corrected chi connectivity index (χ1v) is 9.37. The number of hydrogen-bond acceptors (Lipinski definition) is 4. The molecule has 0 saturated carbocycles. The van der Waals surface area contributed by atoms with Gasteiger partial charge < -0.3 is 15.3 Å². The number of anilines is 1. The molecule has 26 heavy (non-hydrogen) atoms. The van der Waals surface area contributed by atoms with Crippen LogP contribution in [0.5, 0.6) is 0 Å². The molecular formula is C20H31N3O3. The number of β-amino-alcohol motifs (C(OH)–C–C–N with tert-alkyl or cyclic N) is 1. The molecule has 1 aliphatic heterocycles. The number of benzene rings is 1. The lowest BCUT2D eigenvalue weighted by Gasteiger charge is -2.34. The summed E-state index contributed by atoms with van der Waals surface area (Å²) in [5, 5.41) is 12.5. The van der Waals surface area contributed by atoms with Crippen molar-refractivity contribution in [2.75, 3.05) is 32.0 Å². The third kappa shape index (κ3) is 6.11. The van der Waals surface area contributed by atoms with Crippen LogP contribution in [0, 0.1) is 5.92 Å². The highest BCUT2D eigenvalue weighted by atomic mass is 16.3. The molecule has 1 unspecified atom stereocenters. The van der Waals surface area contributed by atoms with Gasteiger partial charge in [0.05, 0.1) is 6.10 Å². The Morgan fingerprint density at radius 1 is 1.27 bits per heavy atom. The molecule has 1 heterocycles. The second kappa shape index (κ2) is 9.69. The summed E-state index contributed by atoms with van der Waals surface area (Å²) in [6.07, 6.45) is 0.902. The van der Waals surface area contributed by atoms with E-state index in [-0.39, 0.29) is 36.8 Å². The summed E-state index contributed by atoms with van der Waals surface area (Å²) in [7, 11) is 1.81. The SMILES string of the molecule is CC(C)[C@@H](CN1CCC(O)C1)N(C)C(=O)CCC(=O)Nc1ccccc1. The van der Waals surface area contributed by atoms with Gasteiger partial charge in [-0.3, -0.25) is 14.5 Å². The number of amides is 2. The molecular weight excluding hydrogens is 330 g/mol. The Morgan fingerprint density at radius 2 is 1.96 bits per heavy atom. The van der Waals surface area contributed by atoms with Gasteiger partial charge >= 0.3 is 0 Å². The number of aliphatic hydroxyl groups excluding tert-OH is 1. The van der Waals surface area contributed by atoms with Gasteiger partial charge in [0.25, 0.3) is 0 Å². The predicted molar refractivity (Wildman–Crippen MR) is 103 cm³/mol. The highest BCUT2D eigenvalue weighted by molar-refractivity contribution is 5.93. The molecule has 0 aromatic heterocycles. The van der Waals surface area contributed by atoms with Crippen LogP contribution in [-0.4, -0.2) is 65.5 Å². The van der Waals surface area contributed by atoms with Crippen LogP contribution in [0.4, 0.5) is 5.69 Å². The molecule has 2 amide bonds. The van der Waals surface area contributed by atoms with Crippen molar-refractivity contribution in [2.24, 2.45) is 5.92 Å². The van der Waals surface area contributed by atoms with Gasteiger partial charge in [0.1, 0.15) is 0 Å². The van der Waals surface area contributed by atoms with Crippen LogP contribution in [0.15, 0.2) is 30.3 Å². The van der Waals surface area contributed by atoms with Crippen molar-refractivity contribution >= 4 is 17.5 Å². The smallest absolute Gasteiger partial charge is 0.224 e. The summed E-state index contributed by atoms with van der Waals surface area (Å²) < 4.78 is 0. The van der Waals surface area contributed by atoms with E-state index in [0.717, 1.165) is 25.2 Å². The first-order valence-electron chi connectivity index (χ1n) is 9.37. The highest BCUT2D eigenvalue weighted by Crippen LogP contribution is 2.17. The van der Waals surface area contributed by atoms with Gasteiger partial charge in [-0.2, -0.15) is 0 Å². The number of nitrogens with zero attached hydrogens (tertiary/aromatic N) is 2. The molecule has 144 valence electrons.